The zero-order valence-corrected chi connectivity index (χ0v) is 18.4. The Morgan fingerprint density at radius 3 is 2.10 bits per heavy atom. The van der Waals surface area contributed by atoms with Gasteiger partial charge in [0, 0.05) is 18.7 Å². The van der Waals surface area contributed by atoms with E-state index in [4.69, 9.17) is 9.31 Å². The normalized spacial score (nSPS) is 17.6. The summed E-state index contributed by atoms with van der Waals surface area (Å²) in [7, 11) is -0.826. The third-order valence-corrected chi connectivity index (χ3v) is 6.03. The molecule has 1 aliphatic heterocycles. The molecule has 4 nitrogen and oxygen atoms in total. The van der Waals surface area contributed by atoms with Gasteiger partial charge in [-0.1, -0.05) is 30.3 Å². The zero-order chi connectivity index (χ0) is 23.0. The molecule has 1 heterocycles. The van der Waals surface area contributed by atoms with Gasteiger partial charge in [0.25, 0.3) is 5.91 Å². The second-order valence-corrected chi connectivity index (χ2v) is 8.68. The maximum atomic E-state index is 13.4. The summed E-state index contributed by atoms with van der Waals surface area (Å²) in [6.45, 7) is 9.67. The van der Waals surface area contributed by atoms with Gasteiger partial charge in [-0.25, -0.2) is 0 Å². The Morgan fingerprint density at radius 2 is 1.58 bits per heavy atom. The van der Waals surface area contributed by atoms with Crippen LogP contribution in [0, 0.1) is 0 Å². The molecule has 1 amide bonds. The van der Waals surface area contributed by atoms with Crippen molar-refractivity contribution in [2.75, 3.05) is 6.54 Å². The first kappa shape index (κ1) is 23.4. The van der Waals surface area contributed by atoms with Crippen molar-refractivity contribution >= 4 is 18.5 Å². The first-order valence-corrected chi connectivity index (χ1v) is 10.3. The van der Waals surface area contributed by atoms with Crippen molar-refractivity contribution in [3.05, 3.63) is 65.2 Å². The maximum Gasteiger partial charge on any atom is 0.495 e. The van der Waals surface area contributed by atoms with E-state index in [0.29, 0.717) is 23.1 Å². The van der Waals surface area contributed by atoms with Crippen molar-refractivity contribution in [3.8, 4) is 0 Å². The van der Waals surface area contributed by atoms with Crippen LogP contribution in [-0.2, 0) is 22.0 Å². The molecule has 1 fully saturated rings. The van der Waals surface area contributed by atoms with Gasteiger partial charge < -0.3 is 14.2 Å². The lowest BCUT2D eigenvalue weighted by Crippen LogP contribution is -2.41. The third kappa shape index (κ3) is 4.80. The highest BCUT2D eigenvalue weighted by Gasteiger charge is 2.52. The minimum Gasteiger partial charge on any atom is -0.399 e. The van der Waals surface area contributed by atoms with Crippen LogP contribution in [0.4, 0.5) is 13.2 Å². The van der Waals surface area contributed by atoms with Crippen LogP contribution in [0.25, 0.3) is 0 Å². The van der Waals surface area contributed by atoms with Gasteiger partial charge >= 0.3 is 13.3 Å². The summed E-state index contributed by atoms with van der Waals surface area (Å²) < 4.78 is 52.4. The first-order valence-electron chi connectivity index (χ1n) is 10.3. The number of hydrogen-bond acceptors (Lipinski definition) is 3. The molecule has 166 valence electrons. The van der Waals surface area contributed by atoms with Crippen LogP contribution in [0.15, 0.2) is 48.5 Å². The topological polar surface area (TPSA) is 38.8 Å². The Morgan fingerprint density at radius 1 is 1.00 bits per heavy atom. The Bertz CT molecular complexity index is 929. The molecule has 0 aliphatic carbocycles. The van der Waals surface area contributed by atoms with E-state index in [9.17, 15) is 18.0 Å². The van der Waals surface area contributed by atoms with Crippen molar-refractivity contribution < 1.29 is 27.3 Å². The average Bonchev–Trinajstić information content (AvgIpc) is 2.92. The third-order valence-electron chi connectivity index (χ3n) is 6.03. The number of alkyl halides is 3. The summed E-state index contributed by atoms with van der Waals surface area (Å²) >= 11 is 0. The molecule has 0 unspecified atom stereocenters. The monoisotopic (exact) mass is 433 g/mol. The van der Waals surface area contributed by atoms with E-state index < -0.39 is 30.1 Å². The van der Waals surface area contributed by atoms with Gasteiger partial charge in [-0.15, -0.1) is 0 Å². The molecule has 0 saturated carbocycles. The van der Waals surface area contributed by atoms with E-state index in [2.05, 4.69) is 0 Å². The number of carbonyl (C=O) groups excluding carboxylic acids is 1. The lowest BCUT2D eigenvalue weighted by atomic mass is 9.75. The van der Waals surface area contributed by atoms with Gasteiger partial charge in [0.1, 0.15) is 0 Å². The second kappa shape index (κ2) is 8.32. The highest BCUT2D eigenvalue weighted by atomic mass is 19.4. The molecule has 2 aromatic carbocycles. The molecule has 0 N–H and O–H groups in total. The minimum atomic E-state index is -4.50. The van der Waals surface area contributed by atoms with Crippen LogP contribution in [0.1, 0.15) is 56.1 Å². The molecule has 0 bridgehead atoms. The molecule has 31 heavy (non-hydrogen) atoms. The predicted molar refractivity (Wildman–Crippen MR) is 114 cm³/mol. The standard InChI is InChI=1S/C23H27BF3NO3/c1-6-28(20(29)16-10-8-7-9-11-16)15-17-14-18(23(25,26)27)12-13-19(17)24-30-21(2,3)22(4,5)31-24/h7-14H,6,15H2,1-5H3. The molecule has 0 radical (unpaired) electrons. The minimum absolute atomic E-state index is 0.00750. The van der Waals surface area contributed by atoms with Crippen molar-refractivity contribution in [3.63, 3.8) is 0 Å². The molecule has 1 saturated heterocycles. The van der Waals surface area contributed by atoms with Gasteiger partial charge in [0.2, 0.25) is 0 Å². The van der Waals surface area contributed by atoms with Crippen LogP contribution in [0.2, 0.25) is 0 Å². The molecule has 8 heteroatoms. The number of carbonyl (C=O) groups is 1. The largest absolute Gasteiger partial charge is 0.495 e. The Balaban J connectivity index is 1.99. The molecule has 3 rings (SSSR count). The second-order valence-electron chi connectivity index (χ2n) is 8.68. The van der Waals surface area contributed by atoms with Crippen LogP contribution >= 0.6 is 0 Å². The van der Waals surface area contributed by atoms with Crippen molar-refractivity contribution in [1.29, 1.82) is 0 Å². The van der Waals surface area contributed by atoms with Gasteiger partial charge in [-0.05, 0) is 63.8 Å². The maximum absolute atomic E-state index is 13.4. The molecule has 2 aromatic rings. The highest BCUT2D eigenvalue weighted by Crippen LogP contribution is 2.37. The van der Waals surface area contributed by atoms with Crippen molar-refractivity contribution in [1.82, 2.24) is 4.90 Å². The fourth-order valence-corrected chi connectivity index (χ4v) is 3.42. The summed E-state index contributed by atoms with van der Waals surface area (Å²) in [5.41, 5.74) is -0.728. The Kier molecular flexibility index (Phi) is 6.26. The number of rotatable bonds is 5. The first-order chi connectivity index (χ1) is 14.4. The van der Waals surface area contributed by atoms with E-state index in [1.54, 1.807) is 37.3 Å². The Labute approximate surface area is 181 Å². The lowest BCUT2D eigenvalue weighted by molar-refractivity contribution is -0.137. The fourth-order valence-electron chi connectivity index (χ4n) is 3.42. The van der Waals surface area contributed by atoms with Gasteiger partial charge in [-0.3, -0.25) is 4.79 Å². The van der Waals surface area contributed by atoms with Gasteiger partial charge in [0.05, 0.1) is 16.8 Å². The SMILES string of the molecule is CCN(Cc1cc(C(F)(F)F)ccc1B1OC(C)(C)C(C)(C)O1)C(=O)c1ccccc1. The fraction of sp³-hybridized carbons (Fsp3) is 0.435. The van der Waals surface area contributed by atoms with E-state index in [0.717, 1.165) is 12.1 Å². The number of hydrogen-bond donors (Lipinski definition) is 0. The molecular formula is C23H27BF3NO3. The van der Waals surface area contributed by atoms with Gasteiger partial charge in [-0.2, -0.15) is 13.2 Å². The number of nitrogens with zero attached hydrogens (tertiary/aromatic N) is 1. The molecular weight excluding hydrogens is 406 g/mol. The molecule has 0 atom stereocenters. The summed E-state index contributed by atoms with van der Waals surface area (Å²) in [5, 5.41) is 0. The average molecular weight is 433 g/mol. The van der Waals surface area contributed by atoms with Crippen LogP contribution in [0.3, 0.4) is 0 Å². The van der Waals surface area contributed by atoms with E-state index >= 15 is 0 Å². The van der Waals surface area contributed by atoms with E-state index in [1.165, 1.54) is 11.0 Å². The van der Waals surface area contributed by atoms with Crippen molar-refractivity contribution in [2.24, 2.45) is 0 Å². The van der Waals surface area contributed by atoms with Crippen LogP contribution in [0.5, 0.6) is 0 Å². The Hall–Kier alpha value is -2.32. The van der Waals surface area contributed by atoms with E-state index in [1.807, 2.05) is 27.7 Å². The van der Waals surface area contributed by atoms with Gasteiger partial charge in [0.15, 0.2) is 0 Å². The molecule has 0 spiro atoms. The van der Waals surface area contributed by atoms with Crippen LogP contribution < -0.4 is 5.46 Å². The summed E-state index contributed by atoms with van der Waals surface area (Å²) in [6.07, 6.45) is -4.50. The van der Waals surface area contributed by atoms with Crippen LogP contribution in [-0.4, -0.2) is 35.7 Å². The summed E-state index contributed by atoms with van der Waals surface area (Å²) in [4.78, 5) is 14.5. The summed E-state index contributed by atoms with van der Waals surface area (Å²) in [6, 6.07) is 12.2. The zero-order valence-electron chi connectivity index (χ0n) is 18.4. The molecule has 0 aromatic heterocycles. The highest BCUT2D eigenvalue weighted by molar-refractivity contribution is 6.62. The summed E-state index contributed by atoms with van der Waals surface area (Å²) in [5.74, 6) is -0.250. The van der Waals surface area contributed by atoms with Crippen molar-refractivity contribution in [2.45, 2.75) is 58.5 Å². The van der Waals surface area contributed by atoms with E-state index in [-0.39, 0.29) is 12.5 Å². The lowest BCUT2D eigenvalue weighted by Gasteiger charge is -2.32. The quantitative estimate of drug-likeness (QED) is 0.644. The molecule has 1 aliphatic rings. The number of amides is 1. The number of benzene rings is 2. The smallest absolute Gasteiger partial charge is 0.399 e. The predicted octanol–water partition coefficient (Wildman–Crippen LogP) is 4.67. The number of halogens is 3.